The number of aliphatic imine (C=N–C) groups is 2. The van der Waals surface area contributed by atoms with Gasteiger partial charge >= 0.3 is 18.2 Å². The normalized spacial score (nSPS) is 12.8. The van der Waals surface area contributed by atoms with Crippen LogP contribution in [0.2, 0.25) is 0 Å². The summed E-state index contributed by atoms with van der Waals surface area (Å²) < 4.78 is 89.2. The lowest BCUT2D eigenvalue weighted by Gasteiger charge is -2.16. The van der Waals surface area contributed by atoms with Crippen molar-refractivity contribution in [3.63, 3.8) is 0 Å². The van der Waals surface area contributed by atoms with Crippen LogP contribution in [0.4, 0.5) is 37.7 Å². The molecule has 0 spiro atoms. The minimum Gasteiger partial charge on any atom is -0.453 e. The Morgan fingerprint density at radius 3 is 2.32 bits per heavy atom. The van der Waals surface area contributed by atoms with Gasteiger partial charge in [-0.15, -0.1) is 24.5 Å². The van der Waals surface area contributed by atoms with Gasteiger partial charge in [0.15, 0.2) is 17.6 Å². The number of H-pyrrole nitrogens is 1. The molecule has 0 aliphatic rings. The van der Waals surface area contributed by atoms with Gasteiger partial charge in [-0.05, 0) is 61.8 Å². The third kappa shape index (κ3) is 6.17. The van der Waals surface area contributed by atoms with E-state index >= 15 is 0 Å². The highest BCUT2D eigenvalue weighted by Crippen LogP contribution is 2.43. The molecule has 0 amide bonds. The predicted octanol–water partition coefficient (Wildman–Crippen LogP) is 6.01. The van der Waals surface area contributed by atoms with Crippen LogP contribution in [0.3, 0.4) is 0 Å². The number of halogens is 6. The van der Waals surface area contributed by atoms with Crippen molar-refractivity contribution in [1.82, 2.24) is 9.55 Å². The van der Waals surface area contributed by atoms with E-state index in [9.17, 15) is 41.0 Å². The van der Waals surface area contributed by atoms with Crippen molar-refractivity contribution in [3.05, 3.63) is 62.8 Å². The topological polar surface area (TPSA) is 118 Å². The molecule has 0 fully saturated rings. The van der Waals surface area contributed by atoms with Gasteiger partial charge in [-0.1, -0.05) is 0 Å². The van der Waals surface area contributed by atoms with E-state index in [1.54, 1.807) is 0 Å². The van der Waals surface area contributed by atoms with Gasteiger partial charge in [-0.25, -0.2) is 4.79 Å². The molecule has 2 N–H and O–H groups in total. The van der Waals surface area contributed by atoms with Crippen LogP contribution in [-0.4, -0.2) is 46.7 Å². The highest BCUT2D eigenvalue weighted by Gasteiger charge is 2.39. The quantitative estimate of drug-likeness (QED) is 0.190. The lowest BCUT2D eigenvalue weighted by molar-refractivity contribution is -0.275. The fraction of sp³-hybridized carbons (Fsp3) is 0.200. The van der Waals surface area contributed by atoms with Gasteiger partial charge in [0, 0.05) is 10.9 Å². The molecule has 4 rings (SSSR count). The predicted molar refractivity (Wildman–Crippen MR) is 141 cm³/mol. The van der Waals surface area contributed by atoms with E-state index in [0.29, 0.717) is 21.6 Å². The summed E-state index contributed by atoms with van der Waals surface area (Å²) >= 11 is 0.681. The number of nitrogens with one attached hydrogen (secondary N) is 1. The van der Waals surface area contributed by atoms with Crippen molar-refractivity contribution in [3.8, 4) is 27.7 Å². The first-order chi connectivity index (χ1) is 19.1. The van der Waals surface area contributed by atoms with E-state index < -0.39 is 42.2 Å². The van der Waals surface area contributed by atoms with Gasteiger partial charge in [-0.3, -0.25) is 24.3 Å². The van der Waals surface area contributed by atoms with Gasteiger partial charge in [0.05, 0.1) is 23.3 Å². The van der Waals surface area contributed by atoms with Crippen LogP contribution in [0.15, 0.2) is 56.0 Å². The Hall–Kier alpha value is -4.44. The number of aliphatic hydroxyl groups excluding tert-OH is 1. The average molecular weight is 600 g/mol. The summed E-state index contributed by atoms with van der Waals surface area (Å²) in [6, 6.07) is 7.68. The van der Waals surface area contributed by atoms with E-state index in [4.69, 9.17) is 4.74 Å². The highest BCUT2D eigenvalue weighted by atomic mass is 32.1. The third-order valence-corrected chi connectivity index (χ3v) is 7.11. The zero-order chi connectivity index (χ0) is 30.3. The van der Waals surface area contributed by atoms with Crippen LogP contribution in [-0.2, 0) is 6.54 Å². The number of benzene rings is 2. The lowest BCUT2D eigenvalue weighted by atomic mass is 10.1. The number of aliphatic hydroxyl groups is 1. The Labute approximate surface area is 229 Å². The molecule has 9 nitrogen and oxygen atoms in total. The smallest absolute Gasteiger partial charge is 0.453 e. The van der Waals surface area contributed by atoms with Gasteiger partial charge in [0.2, 0.25) is 0 Å². The third-order valence-electron chi connectivity index (χ3n) is 5.75. The summed E-state index contributed by atoms with van der Waals surface area (Å²) in [5, 5.41) is 9.35. The van der Waals surface area contributed by atoms with Crippen molar-refractivity contribution in [2.45, 2.75) is 32.1 Å². The fourth-order valence-corrected chi connectivity index (χ4v) is 5.19. The van der Waals surface area contributed by atoms with E-state index in [1.807, 2.05) is 4.98 Å². The lowest BCUT2D eigenvalue weighted by Crippen LogP contribution is -2.38. The summed E-state index contributed by atoms with van der Waals surface area (Å²) in [4.78, 5) is 34.2. The van der Waals surface area contributed by atoms with Crippen LogP contribution in [0.25, 0.3) is 20.7 Å². The molecule has 0 radical (unpaired) electrons. The molecule has 41 heavy (non-hydrogen) atoms. The molecule has 16 heteroatoms. The van der Waals surface area contributed by atoms with Gasteiger partial charge in [-0.2, -0.15) is 13.2 Å². The van der Waals surface area contributed by atoms with Crippen LogP contribution in [0, 0.1) is 6.92 Å². The molecule has 0 aliphatic carbocycles. The Morgan fingerprint density at radius 2 is 1.71 bits per heavy atom. The van der Waals surface area contributed by atoms with Crippen LogP contribution < -0.4 is 20.7 Å². The molecule has 2 aromatic carbocycles. The summed E-state index contributed by atoms with van der Waals surface area (Å²) in [6.07, 6.45) is -13.1. The number of thiophene rings is 1. The number of aromatic nitrogens is 2. The van der Waals surface area contributed by atoms with Crippen molar-refractivity contribution >= 4 is 46.4 Å². The van der Waals surface area contributed by atoms with Gasteiger partial charge < -0.3 is 14.6 Å². The molecular formula is C25H18F6N4O5S. The molecule has 0 aliphatic heterocycles. The Balaban J connectivity index is 1.84. The number of nitrogens with zero attached hydrogens (tertiary/aromatic N) is 3. The van der Waals surface area contributed by atoms with E-state index in [2.05, 4.69) is 28.2 Å². The van der Waals surface area contributed by atoms with Gasteiger partial charge in [0.1, 0.15) is 10.6 Å². The molecule has 4 aromatic rings. The molecule has 2 aromatic heterocycles. The zero-order valence-corrected chi connectivity index (χ0v) is 21.6. The number of fused-ring (bicyclic) bond motifs is 1. The number of ether oxygens (including phenoxy) is 2. The maximum Gasteiger partial charge on any atom is 0.573 e. The second kappa shape index (κ2) is 10.9. The second-order valence-corrected chi connectivity index (χ2v) is 9.44. The number of hydrogen-bond acceptors (Lipinski definition) is 8. The van der Waals surface area contributed by atoms with Crippen molar-refractivity contribution < 1.29 is 40.9 Å². The molecule has 0 bridgehead atoms. The van der Waals surface area contributed by atoms with E-state index in [1.165, 1.54) is 31.2 Å². The van der Waals surface area contributed by atoms with Crippen LogP contribution in [0.1, 0.15) is 5.56 Å². The summed E-state index contributed by atoms with van der Waals surface area (Å²) in [5.74, 6) is -1.07. The minimum atomic E-state index is -5.14. The first kappa shape index (κ1) is 29.5. The number of hydrogen-bond donors (Lipinski definition) is 2. The maximum absolute atomic E-state index is 13.3. The molecule has 2 heterocycles. The minimum absolute atomic E-state index is 0.0661. The van der Waals surface area contributed by atoms with Crippen LogP contribution >= 0.6 is 11.3 Å². The molecule has 0 saturated heterocycles. The molecular weight excluding hydrogens is 582 g/mol. The standard InChI is InChI=1S/C25H18F6N4O5S/c1-11-19-21(37)34-23(38)35(10-18(36)24(26,27)28)22(19)41-20(11)12-4-7-16(17(8-12)40-25(29,30)31)39-13-5-6-14(32-2)15(9-13)33-3/h4-9,18,36H,2-3,10H2,1H3,(H,34,37,38)/t18-/m1/s1. The Morgan fingerprint density at radius 1 is 1.02 bits per heavy atom. The fourth-order valence-electron chi connectivity index (χ4n) is 3.88. The second-order valence-electron chi connectivity index (χ2n) is 8.44. The number of rotatable bonds is 8. The zero-order valence-electron chi connectivity index (χ0n) is 20.8. The molecule has 0 saturated carbocycles. The van der Waals surface area contributed by atoms with Crippen molar-refractivity contribution in [1.29, 1.82) is 0 Å². The maximum atomic E-state index is 13.3. The number of aryl methyl sites for hydroxylation is 1. The summed E-state index contributed by atoms with van der Waals surface area (Å²) in [6.45, 7) is 6.97. The SMILES string of the molecule is C=Nc1ccc(Oc2ccc(-c3sc4c(c3C)c(=O)[nH]c(=O)n4C[C@@H](O)C(F)(F)F)cc2OC(F)(F)F)cc1N=C. The van der Waals surface area contributed by atoms with E-state index in [0.717, 1.165) is 12.1 Å². The molecule has 216 valence electrons. The Bertz CT molecular complexity index is 1770. The monoisotopic (exact) mass is 600 g/mol. The molecule has 0 unspecified atom stereocenters. The van der Waals surface area contributed by atoms with Crippen molar-refractivity contribution in [2.75, 3.05) is 0 Å². The average Bonchev–Trinajstić information content (AvgIpc) is 3.23. The van der Waals surface area contributed by atoms with Crippen LogP contribution in [0.5, 0.6) is 17.2 Å². The largest absolute Gasteiger partial charge is 0.573 e. The Kier molecular flexibility index (Phi) is 7.82. The first-order valence-electron chi connectivity index (χ1n) is 11.3. The summed E-state index contributed by atoms with van der Waals surface area (Å²) in [7, 11) is 0. The molecule has 1 atom stereocenters. The van der Waals surface area contributed by atoms with Gasteiger partial charge in [0.25, 0.3) is 5.56 Å². The number of alkyl halides is 6. The first-order valence-corrected chi connectivity index (χ1v) is 12.1. The summed E-state index contributed by atoms with van der Waals surface area (Å²) in [5.41, 5.74) is -1.27. The van der Waals surface area contributed by atoms with Crippen molar-refractivity contribution in [2.24, 2.45) is 9.98 Å². The van der Waals surface area contributed by atoms with E-state index in [-0.39, 0.29) is 43.4 Å². The highest BCUT2D eigenvalue weighted by molar-refractivity contribution is 7.22. The number of aromatic amines is 1.